The third kappa shape index (κ3) is 4.16. The molecule has 1 aliphatic rings. The average molecular weight is 348 g/mol. The van der Waals surface area contributed by atoms with Crippen LogP contribution in [0.15, 0.2) is 34.9 Å². The fraction of sp³-hybridized carbons (Fsp3) is 0.444. The number of nitrogens with zero attached hydrogens (tertiary/aromatic N) is 3. The second-order valence-corrected chi connectivity index (χ2v) is 6.44. The third-order valence-electron chi connectivity index (χ3n) is 4.27. The molecule has 24 heavy (non-hydrogen) atoms. The molecule has 3 rings (SSSR count). The molecule has 0 N–H and O–H groups in total. The van der Waals surface area contributed by atoms with Crippen LogP contribution in [-0.4, -0.2) is 46.9 Å². The van der Waals surface area contributed by atoms with Crippen LogP contribution in [0.1, 0.15) is 35.4 Å². The predicted molar refractivity (Wildman–Crippen MR) is 93.1 cm³/mol. The molecule has 128 valence electrons. The van der Waals surface area contributed by atoms with E-state index in [4.69, 9.17) is 16.0 Å². The Labute approximate surface area is 147 Å². The molecule has 1 aliphatic heterocycles. The maximum atomic E-state index is 12.6. The molecule has 1 saturated heterocycles. The van der Waals surface area contributed by atoms with E-state index in [2.05, 4.69) is 16.8 Å². The van der Waals surface area contributed by atoms with Gasteiger partial charge in [-0.1, -0.05) is 18.5 Å². The highest BCUT2D eigenvalue weighted by atomic mass is 35.5. The van der Waals surface area contributed by atoms with E-state index >= 15 is 0 Å². The summed E-state index contributed by atoms with van der Waals surface area (Å²) in [5.74, 6) is 1.98. The number of hydrogen-bond acceptors (Lipinski definition) is 4. The van der Waals surface area contributed by atoms with E-state index in [9.17, 15) is 4.79 Å². The Hall–Kier alpha value is -1.85. The molecule has 1 fully saturated rings. The lowest BCUT2D eigenvalue weighted by Crippen LogP contribution is -2.35. The topological polar surface area (TPSA) is 49.6 Å². The van der Waals surface area contributed by atoms with E-state index in [1.807, 2.05) is 17.0 Å². The summed E-state index contributed by atoms with van der Waals surface area (Å²) in [5.41, 5.74) is 0.450. The maximum Gasteiger partial charge on any atom is 0.272 e. The van der Waals surface area contributed by atoms with E-state index in [1.165, 1.54) is 6.20 Å². The van der Waals surface area contributed by atoms with E-state index in [0.717, 1.165) is 50.5 Å². The molecule has 2 aromatic heterocycles. The summed E-state index contributed by atoms with van der Waals surface area (Å²) in [7, 11) is 0. The van der Waals surface area contributed by atoms with Crippen molar-refractivity contribution < 1.29 is 9.21 Å². The van der Waals surface area contributed by atoms with Crippen molar-refractivity contribution in [2.24, 2.45) is 0 Å². The first-order chi connectivity index (χ1) is 11.7. The number of aromatic nitrogens is 1. The lowest BCUT2D eigenvalue weighted by atomic mass is 10.3. The Morgan fingerprint density at radius 3 is 2.71 bits per heavy atom. The number of carbonyl (C=O) groups is 1. The van der Waals surface area contributed by atoms with Crippen molar-refractivity contribution in [3.63, 3.8) is 0 Å². The Morgan fingerprint density at radius 1 is 1.17 bits per heavy atom. The van der Waals surface area contributed by atoms with Crippen LogP contribution in [0.4, 0.5) is 0 Å². The third-order valence-corrected chi connectivity index (χ3v) is 4.49. The van der Waals surface area contributed by atoms with Gasteiger partial charge in [-0.15, -0.1) is 0 Å². The zero-order valence-electron chi connectivity index (χ0n) is 13.9. The summed E-state index contributed by atoms with van der Waals surface area (Å²) >= 11 is 5.83. The van der Waals surface area contributed by atoms with E-state index in [-0.39, 0.29) is 5.91 Å². The minimum Gasteiger partial charge on any atom is -0.465 e. The van der Waals surface area contributed by atoms with Crippen LogP contribution in [0.3, 0.4) is 0 Å². The number of aryl methyl sites for hydroxylation is 1. The lowest BCUT2D eigenvalue weighted by Gasteiger charge is -2.21. The van der Waals surface area contributed by atoms with Gasteiger partial charge in [0.2, 0.25) is 0 Å². The number of carbonyl (C=O) groups excluding carboxylic acids is 1. The number of hydrogen-bond donors (Lipinski definition) is 0. The van der Waals surface area contributed by atoms with Gasteiger partial charge in [0.25, 0.3) is 5.91 Å². The summed E-state index contributed by atoms with van der Waals surface area (Å²) in [6, 6.07) is 7.47. The van der Waals surface area contributed by atoms with Crippen LogP contribution >= 0.6 is 11.6 Å². The largest absolute Gasteiger partial charge is 0.465 e. The van der Waals surface area contributed by atoms with Crippen molar-refractivity contribution in [3.8, 4) is 0 Å². The fourth-order valence-corrected chi connectivity index (χ4v) is 3.03. The fourth-order valence-electron chi connectivity index (χ4n) is 2.91. The van der Waals surface area contributed by atoms with Crippen LogP contribution < -0.4 is 0 Å². The van der Waals surface area contributed by atoms with Gasteiger partial charge in [-0.05, 0) is 30.7 Å². The van der Waals surface area contributed by atoms with Gasteiger partial charge in [0.05, 0.1) is 11.6 Å². The van der Waals surface area contributed by atoms with Gasteiger partial charge < -0.3 is 9.32 Å². The Bertz CT molecular complexity index is 684. The van der Waals surface area contributed by atoms with Gasteiger partial charge in [-0.3, -0.25) is 9.69 Å². The molecule has 2 aromatic rings. The summed E-state index contributed by atoms with van der Waals surface area (Å²) < 4.78 is 5.79. The summed E-state index contributed by atoms with van der Waals surface area (Å²) in [4.78, 5) is 20.9. The number of rotatable bonds is 4. The van der Waals surface area contributed by atoms with E-state index in [1.54, 1.807) is 12.1 Å². The van der Waals surface area contributed by atoms with Crippen LogP contribution in [0.2, 0.25) is 5.02 Å². The van der Waals surface area contributed by atoms with Crippen LogP contribution in [0.25, 0.3) is 0 Å². The van der Waals surface area contributed by atoms with Crippen LogP contribution in [0, 0.1) is 0 Å². The van der Waals surface area contributed by atoms with Gasteiger partial charge in [-0.2, -0.15) is 0 Å². The maximum absolute atomic E-state index is 12.6. The normalized spacial score (nSPS) is 16.2. The van der Waals surface area contributed by atoms with Gasteiger partial charge in [0.1, 0.15) is 17.2 Å². The highest BCUT2D eigenvalue weighted by molar-refractivity contribution is 6.30. The second-order valence-electron chi connectivity index (χ2n) is 6.01. The lowest BCUT2D eigenvalue weighted by molar-refractivity contribution is 0.0755. The van der Waals surface area contributed by atoms with E-state index < -0.39 is 0 Å². The van der Waals surface area contributed by atoms with Gasteiger partial charge >= 0.3 is 0 Å². The molecule has 0 aromatic carbocycles. The van der Waals surface area contributed by atoms with Crippen LogP contribution in [-0.2, 0) is 13.0 Å². The summed E-state index contributed by atoms with van der Waals surface area (Å²) in [6.45, 7) is 6.12. The first-order valence-corrected chi connectivity index (χ1v) is 8.74. The molecule has 3 heterocycles. The average Bonchev–Trinajstić information content (AvgIpc) is 2.92. The number of pyridine rings is 1. The standard InChI is InChI=1S/C18H22ClN3O2/c1-2-15-5-6-16(24-15)13-21-8-3-9-22(11-10-21)18(23)17-7-4-14(19)12-20-17/h4-7,12H,2-3,8-11,13H2,1H3. The number of amides is 1. The zero-order valence-corrected chi connectivity index (χ0v) is 14.6. The smallest absolute Gasteiger partial charge is 0.272 e. The molecule has 5 nitrogen and oxygen atoms in total. The molecule has 0 radical (unpaired) electrons. The molecule has 0 unspecified atom stereocenters. The molecular weight excluding hydrogens is 326 g/mol. The molecule has 6 heteroatoms. The Balaban J connectivity index is 1.58. The molecule has 0 spiro atoms. The molecule has 1 amide bonds. The minimum absolute atomic E-state index is 0.0280. The van der Waals surface area contributed by atoms with E-state index in [0.29, 0.717) is 17.3 Å². The van der Waals surface area contributed by atoms with Crippen molar-refractivity contribution in [3.05, 3.63) is 52.7 Å². The van der Waals surface area contributed by atoms with Crippen molar-refractivity contribution in [1.29, 1.82) is 0 Å². The Kier molecular flexibility index (Phi) is 5.53. The second kappa shape index (κ2) is 7.81. The summed E-state index contributed by atoms with van der Waals surface area (Å²) in [6.07, 6.45) is 3.37. The highest BCUT2D eigenvalue weighted by Crippen LogP contribution is 2.14. The SMILES string of the molecule is CCc1ccc(CN2CCCN(C(=O)c3ccc(Cl)cn3)CC2)o1. The first-order valence-electron chi connectivity index (χ1n) is 8.36. The molecular formula is C18H22ClN3O2. The van der Waals surface area contributed by atoms with Crippen molar-refractivity contribution in [2.45, 2.75) is 26.3 Å². The van der Waals surface area contributed by atoms with Gasteiger partial charge in [0, 0.05) is 38.8 Å². The molecule has 0 atom stereocenters. The van der Waals surface area contributed by atoms with Gasteiger partial charge in [0.15, 0.2) is 0 Å². The molecule has 0 aliphatic carbocycles. The molecule has 0 saturated carbocycles. The first kappa shape index (κ1) is 17.0. The highest BCUT2D eigenvalue weighted by Gasteiger charge is 2.21. The Morgan fingerprint density at radius 2 is 2.00 bits per heavy atom. The van der Waals surface area contributed by atoms with Crippen molar-refractivity contribution in [1.82, 2.24) is 14.8 Å². The van der Waals surface area contributed by atoms with Crippen molar-refractivity contribution in [2.75, 3.05) is 26.2 Å². The summed E-state index contributed by atoms with van der Waals surface area (Å²) in [5, 5.41) is 0.540. The monoisotopic (exact) mass is 347 g/mol. The van der Waals surface area contributed by atoms with Crippen LogP contribution in [0.5, 0.6) is 0 Å². The quantitative estimate of drug-likeness (QED) is 0.852. The molecule has 0 bridgehead atoms. The number of halogens is 1. The zero-order chi connectivity index (χ0) is 16.9. The predicted octanol–water partition coefficient (Wildman–Crippen LogP) is 3.24. The number of furan rings is 1. The van der Waals surface area contributed by atoms with Gasteiger partial charge in [-0.25, -0.2) is 4.98 Å². The van der Waals surface area contributed by atoms with Crippen molar-refractivity contribution >= 4 is 17.5 Å². The minimum atomic E-state index is -0.0280.